The van der Waals surface area contributed by atoms with Gasteiger partial charge in [-0.3, -0.25) is 14.5 Å². The molecule has 2 atom stereocenters. The molecule has 1 aliphatic carbocycles. The highest BCUT2D eigenvalue weighted by Gasteiger charge is 2.37. The van der Waals surface area contributed by atoms with Crippen LogP contribution in [-0.2, 0) is 11.3 Å². The minimum absolute atomic E-state index is 0.151. The summed E-state index contributed by atoms with van der Waals surface area (Å²) >= 11 is 0. The number of anilines is 1. The summed E-state index contributed by atoms with van der Waals surface area (Å²) in [5.74, 6) is -0.441. The molecule has 10 heteroatoms. The molecule has 2 N–H and O–H groups in total. The molecule has 3 aromatic rings. The molecular weight excluding hydrogens is 413 g/mol. The molecule has 32 heavy (non-hydrogen) atoms. The molecule has 0 radical (unpaired) electrons. The number of amides is 2. The van der Waals surface area contributed by atoms with E-state index in [1.165, 1.54) is 12.1 Å². The van der Waals surface area contributed by atoms with Gasteiger partial charge in [-0.1, -0.05) is 12.1 Å². The predicted octanol–water partition coefficient (Wildman–Crippen LogP) is 2.35. The van der Waals surface area contributed by atoms with E-state index in [0.717, 1.165) is 29.9 Å². The third-order valence-corrected chi connectivity index (χ3v) is 6.28. The molecule has 0 bridgehead atoms. The second-order valence-corrected chi connectivity index (χ2v) is 8.49. The van der Waals surface area contributed by atoms with Gasteiger partial charge in [-0.05, 0) is 43.9 Å². The average molecular weight is 437 g/mol. The fourth-order valence-corrected chi connectivity index (χ4v) is 4.25. The normalized spacial score (nSPS) is 19.5. The van der Waals surface area contributed by atoms with Crippen LogP contribution in [0.5, 0.6) is 0 Å². The number of hydrogen-bond donors (Lipinski definition) is 1. The number of aromatic nitrogens is 5. The van der Waals surface area contributed by atoms with Crippen molar-refractivity contribution in [2.75, 3.05) is 11.9 Å². The van der Waals surface area contributed by atoms with Crippen LogP contribution in [0, 0.1) is 5.82 Å². The van der Waals surface area contributed by atoms with E-state index in [0.29, 0.717) is 24.7 Å². The summed E-state index contributed by atoms with van der Waals surface area (Å²) in [7, 11) is 1.73. The first-order chi connectivity index (χ1) is 15.3. The number of rotatable bonds is 5. The Morgan fingerprint density at radius 2 is 1.91 bits per heavy atom. The first-order valence-electron chi connectivity index (χ1n) is 10.7. The molecular formula is C22H24FN7O2. The highest BCUT2D eigenvalue weighted by atomic mass is 19.1. The van der Waals surface area contributed by atoms with E-state index < -0.39 is 11.8 Å². The third-order valence-electron chi connectivity index (χ3n) is 6.28. The van der Waals surface area contributed by atoms with Crippen LogP contribution < -0.4 is 10.6 Å². The van der Waals surface area contributed by atoms with Gasteiger partial charge in [0.2, 0.25) is 11.7 Å². The van der Waals surface area contributed by atoms with Crippen LogP contribution in [0.1, 0.15) is 71.8 Å². The first-order valence-corrected chi connectivity index (χ1v) is 10.7. The second-order valence-electron chi connectivity index (χ2n) is 8.49. The van der Waals surface area contributed by atoms with Crippen molar-refractivity contribution in [2.24, 2.45) is 5.73 Å². The first kappa shape index (κ1) is 20.3. The number of nitrogens with two attached hydrogens (primary N) is 1. The van der Waals surface area contributed by atoms with Crippen molar-refractivity contribution in [1.29, 1.82) is 0 Å². The fourth-order valence-electron chi connectivity index (χ4n) is 4.25. The Morgan fingerprint density at radius 1 is 1.19 bits per heavy atom. The number of primary amides is 1. The van der Waals surface area contributed by atoms with Crippen molar-refractivity contribution >= 4 is 17.6 Å². The zero-order valence-electron chi connectivity index (χ0n) is 17.9. The van der Waals surface area contributed by atoms with Crippen LogP contribution in [0.3, 0.4) is 0 Å². The summed E-state index contributed by atoms with van der Waals surface area (Å²) in [4.78, 5) is 31.3. The molecule has 3 heterocycles. The summed E-state index contributed by atoms with van der Waals surface area (Å²) in [6.45, 7) is 2.39. The van der Waals surface area contributed by atoms with Gasteiger partial charge < -0.3 is 5.73 Å². The zero-order valence-corrected chi connectivity index (χ0v) is 17.9. The maximum atomic E-state index is 13.5. The van der Waals surface area contributed by atoms with Crippen molar-refractivity contribution in [1.82, 2.24) is 24.5 Å². The van der Waals surface area contributed by atoms with Crippen molar-refractivity contribution in [3.63, 3.8) is 0 Å². The summed E-state index contributed by atoms with van der Waals surface area (Å²) in [5, 5.41) is 9.00. The van der Waals surface area contributed by atoms with E-state index in [2.05, 4.69) is 10.1 Å². The number of halogens is 1. The number of carbonyl (C=O) groups is 2. The molecule has 9 nitrogen and oxygen atoms in total. The van der Waals surface area contributed by atoms with Gasteiger partial charge in [0.1, 0.15) is 17.5 Å². The minimum Gasteiger partial charge on any atom is -0.363 e. The van der Waals surface area contributed by atoms with Crippen LogP contribution in [0.25, 0.3) is 0 Å². The smallest absolute Gasteiger partial charge is 0.288 e. The number of carbonyl (C=O) groups excluding carboxylic acids is 2. The lowest BCUT2D eigenvalue weighted by molar-refractivity contribution is -0.120. The van der Waals surface area contributed by atoms with Crippen molar-refractivity contribution in [3.05, 3.63) is 59.1 Å². The third kappa shape index (κ3) is 3.45. The van der Waals surface area contributed by atoms with E-state index in [4.69, 9.17) is 10.8 Å². The van der Waals surface area contributed by atoms with Crippen molar-refractivity contribution in [2.45, 2.75) is 50.6 Å². The van der Waals surface area contributed by atoms with Crippen molar-refractivity contribution in [3.8, 4) is 0 Å². The van der Waals surface area contributed by atoms with E-state index >= 15 is 0 Å². The molecule has 0 saturated heterocycles. The van der Waals surface area contributed by atoms with Gasteiger partial charge in [-0.25, -0.2) is 18.7 Å². The number of aryl methyl sites for hydroxylation is 1. The largest absolute Gasteiger partial charge is 0.363 e. The number of benzene rings is 1. The maximum Gasteiger partial charge on any atom is 0.288 e. The molecule has 2 amide bonds. The molecule has 2 aliphatic rings. The number of likely N-dealkylation sites (N-methyl/N-ethyl adjacent to an activating group) is 1. The van der Waals surface area contributed by atoms with Gasteiger partial charge in [0.05, 0.1) is 17.7 Å². The lowest BCUT2D eigenvalue weighted by Gasteiger charge is -2.21. The Hall–Kier alpha value is -3.56. The molecule has 1 aliphatic heterocycles. The summed E-state index contributed by atoms with van der Waals surface area (Å²) < 4.78 is 16.8. The van der Waals surface area contributed by atoms with E-state index in [1.807, 2.05) is 17.7 Å². The van der Waals surface area contributed by atoms with Crippen LogP contribution in [0.15, 0.2) is 30.3 Å². The highest BCUT2D eigenvalue weighted by molar-refractivity contribution is 5.97. The predicted molar refractivity (Wildman–Crippen MR) is 114 cm³/mol. The summed E-state index contributed by atoms with van der Waals surface area (Å²) in [6.07, 6.45) is 2.73. The van der Waals surface area contributed by atoms with E-state index in [-0.39, 0.29) is 23.6 Å². The standard InChI is InChI=1S/C22H24FN7O2/c1-12(13-5-7-15(23)8-6-13)30-21(25-20(27-30)19(24)31)16-9-10-29-18(28(2)22(16)32)11-17(26-29)14-3-4-14/h5-8,11-12,14,16H,3-4,9-10H2,1-2H3,(H2,24,31)/t12?,16-/m0/s1. The lowest BCUT2D eigenvalue weighted by atomic mass is 10.0. The Bertz CT molecular complexity index is 1200. The average Bonchev–Trinajstić information content (AvgIpc) is 3.41. The Kier molecular flexibility index (Phi) is 4.79. The van der Waals surface area contributed by atoms with Gasteiger partial charge in [0, 0.05) is 25.6 Å². The van der Waals surface area contributed by atoms with Crippen molar-refractivity contribution < 1.29 is 14.0 Å². The zero-order chi connectivity index (χ0) is 22.6. The van der Waals surface area contributed by atoms with E-state index in [9.17, 15) is 14.0 Å². The topological polar surface area (TPSA) is 112 Å². The van der Waals surface area contributed by atoms with E-state index in [1.54, 1.807) is 28.8 Å². The molecule has 0 spiro atoms. The number of nitrogens with zero attached hydrogens (tertiary/aromatic N) is 6. The molecule has 1 saturated carbocycles. The van der Waals surface area contributed by atoms with Crippen LogP contribution >= 0.6 is 0 Å². The maximum absolute atomic E-state index is 13.5. The highest BCUT2D eigenvalue weighted by Crippen LogP contribution is 2.41. The minimum atomic E-state index is -0.771. The van der Waals surface area contributed by atoms with Gasteiger partial charge in [0.25, 0.3) is 5.91 Å². The Labute approximate surface area is 184 Å². The van der Waals surface area contributed by atoms with Crippen LogP contribution in [0.2, 0.25) is 0 Å². The van der Waals surface area contributed by atoms with Gasteiger partial charge in [-0.2, -0.15) is 5.10 Å². The van der Waals surface area contributed by atoms with Gasteiger partial charge >= 0.3 is 0 Å². The molecule has 166 valence electrons. The number of hydrogen-bond acceptors (Lipinski definition) is 5. The van der Waals surface area contributed by atoms with Crippen LogP contribution in [-0.4, -0.2) is 43.4 Å². The van der Waals surface area contributed by atoms with Gasteiger partial charge in [0.15, 0.2) is 0 Å². The van der Waals surface area contributed by atoms with Gasteiger partial charge in [-0.15, -0.1) is 5.10 Å². The monoisotopic (exact) mass is 437 g/mol. The fraction of sp³-hybridized carbons (Fsp3) is 0.409. The lowest BCUT2D eigenvalue weighted by Crippen LogP contribution is -2.32. The SMILES string of the molecule is CC(c1ccc(F)cc1)n1nc(C(N)=O)nc1[C@@H]1CCn2nc(C3CC3)cc2N(C)C1=O. The molecule has 1 aromatic carbocycles. The van der Waals surface area contributed by atoms with Crippen LogP contribution in [0.4, 0.5) is 10.2 Å². The molecule has 2 aromatic heterocycles. The Morgan fingerprint density at radius 3 is 2.56 bits per heavy atom. The summed E-state index contributed by atoms with van der Waals surface area (Å²) in [5.41, 5.74) is 7.24. The Balaban J connectivity index is 1.52. The molecule has 1 unspecified atom stereocenters. The number of fused-ring (bicyclic) bond motifs is 1. The molecule has 1 fully saturated rings. The second kappa shape index (κ2) is 7.54. The quantitative estimate of drug-likeness (QED) is 0.659. The molecule has 5 rings (SSSR count). The summed E-state index contributed by atoms with van der Waals surface area (Å²) in [6, 6.07) is 7.61.